The maximum Gasteiger partial charge on any atom is 0.338 e. The third-order valence-electron chi connectivity index (χ3n) is 3.35. The van der Waals surface area contributed by atoms with Crippen LogP contribution in [0.15, 0.2) is 39.6 Å². The molecule has 0 bridgehead atoms. The summed E-state index contributed by atoms with van der Waals surface area (Å²) in [5.41, 5.74) is 7.38. The minimum atomic E-state index is -0.523. The predicted octanol–water partition coefficient (Wildman–Crippen LogP) is 3.17. The number of nitriles is 1. The van der Waals surface area contributed by atoms with Gasteiger partial charge in [0.15, 0.2) is 0 Å². The van der Waals surface area contributed by atoms with E-state index in [2.05, 4.69) is 6.07 Å². The highest BCUT2D eigenvalue weighted by molar-refractivity contribution is 7.08. The molecule has 1 aromatic rings. The van der Waals surface area contributed by atoms with Crippen molar-refractivity contribution in [3.63, 3.8) is 0 Å². The molecule has 0 saturated heterocycles. The third kappa shape index (κ3) is 3.00. The SMILES string of the molecule is CCCC1=C(C(=O)OCC)C(c2ccsc2)C(C#N)=C(N)O1. The topological polar surface area (TPSA) is 85.3 Å². The molecule has 0 amide bonds. The first kappa shape index (κ1) is 16.1. The Morgan fingerprint density at radius 3 is 2.86 bits per heavy atom. The van der Waals surface area contributed by atoms with Crippen molar-refractivity contribution in [3.8, 4) is 6.07 Å². The molecule has 116 valence electrons. The van der Waals surface area contributed by atoms with E-state index in [0.717, 1.165) is 12.0 Å². The van der Waals surface area contributed by atoms with E-state index in [9.17, 15) is 10.1 Å². The average molecular weight is 318 g/mol. The van der Waals surface area contributed by atoms with Gasteiger partial charge in [-0.15, -0.1) is 0 Å². The van der Waals surface area contributed by atoms with Crippen molar-refractivity contribution in [3.05, 3.63) is 45.2 Å². The van der Waals surface area contributed by atoms with Gasteiger partial charge in [-0.2, -0.15) is 16.6 Å². The lowest BCUT2D eigenvalue weighted by atomic mass is 9.83. The van der Waals surface area contributed by atoms with Gasteiger partial charge in [-0.3, -0.25) is 0 Å². The van der Waals surface area contributed by atoms with Crippen LogP contribution >= 0.6 is 11.3 Å². The highest BCUT2D eigenvalue weighted by Crippen LogP contribution is 2.41. The van der Waals surface area contributed by atoms with Crippen molar-refractivity contribution in [2.45, 2.75) is 32.6 Å². The Hall–Kier alpha value is -2.26. The zero-order valence-electron chi connectivity index (χ0n) is 12.6. The molecule has 0 radical (unpaired) electrons. The minimum Gasteiger partial charge on any atom is -0.463 e. The van der Waals surface area contributed by atoms with E-state index in [4.69, 9.17) is 15.2 Å². The molecule has 22 heavy (non-hydrogen) atoms. The second-order valence-corrected chi connectivity index (χ2v) is 5.57. The summed E-state index contributed by atoms with van der Waals surface area (Å²) >= 11 is 1.50. The zero-order chi connectivity index (χ0) is 16.1. The van der Waals surface area contributed by atoms with Gasteiger partial charge in [0.25, 0.3) is 0 Å². The predicted molar refractivity (Wildman–Crippen MR) is 83.5 cm³/mol. The Labute approximate surface area is 133 Å². The highest BCUT2D eigenvalue weighted by atomic mass is 32.1. The molecule has 1 aliphatic heterocycles. The summed E-state index contributed by atoms with van der Waals surface area (Å²) in [4.78, 5) is 12.4. The van der Waals surface area contributed by atoms with Gasteiger partial charge in [0, 0.05) is 6.42 Å². The number of nitrogens with zero attached hydrogens (tertiary/aromatic N) is 1. The first-order chi connectivity index (χ1) is 10.6. The number of rotatable bonds is 5. The lowest BCUT2D eigenvalue weighted by Crippen LogP contribution is -2.26. The number of hydrogen-bond acceptors (Lipinski definition) is 6. The lowest BCUT2D eigenvalue weighted by molar-refractivity contribution is -0.139. The van der Waals surface area contributed by atoms with Crippen molar-refractivity contribution in [1.82, 2.24) is 0 Å². The molecule has 0 aromatic carbocycles. The van der Waals surface area contributed by atoms with Gasteiger partial charge in [-0.25, -0.2) is 4.79 Å². The van der Waals surface area contributed by atoms with Crippen LogP contribution < -0.4 is 5.73 Å². The molecule has 0 spiro atoms. The van der Waals surface area contributed by atoms with Crippen LogP contribution in [-0.2, 0) is 14.3 Å². The van der Waals surface area contributed by atoms with Gasteiger partial charge in [-0.1, -0.05) is 6.92 Å². The molecule has 2 rings (SSSR count). The number of thiophene rings is 1. The van der Waals surface area contributed by atoms with Crippen LogP contribution in [0.5, 0.6) is 0 Å². The summed E-state index contributed by atoms with van der Waals surface area (Å²) < 4.78 is 10.7. The molecule has 1 aromatic heterocycles. The smallest absolute Gasteiger partial charge is 0.338 e. The molecule has 2 N–H and O–H groups in total. The molecule has 6 heteroatoms. The number of ether oxygens (including phenoxy) is 2. The quantitative estimate of drug-likeness (QED) is 0.843. The van der Waals surface area contributed by atoms with Crippen LogP contribution in [0.25, 0.3) is 0 Å². The Balaban J connectivity index is 2.59. The van der Waals surface area contributed by atoms with E-state index >= 15 is 0 Å². The van der Waals surface area contributed by atoms with Crippen molar-refractivity contribution < 1.29 is 14.3 Å². The molecule has 1 atom stereocenters. The van der Waals surface area contributed by atoms with Gasteiger partial charge in [0.05, 0.1) is 18.1 Å². The molecule has 0 saturated carbocycles. The van der Waals surface area contributed by atoms with Gasteiger partial charge in [0.1, 0.15) is 17.4 Å². The Kier molecular flexibility index (Phi) is 5.23. The molecule has 5 nitrogen and oxygen atoms in total. The summed E-state index contributed by atoms with van der Waals surface area (Å²) in [6.07, 6.45) is 1.36. The third-order valence-corrected chi connectivity index (χ3v) is 4.05. The molecular weight excluding hydrogens is 300 g/mol. The maximum absolute atomic E-state index is 12.4. The van der Waals surface area contributed by atoms with Crippen LogP contribution in [0.1, 0.15) is 38.2 Å². The van der Waals surface area contributed by atoms with E-state index in [1.165, 1.54) is 11.3 Å². The number of carbonyl (C=O) groups excluding carboxylic acids is 1. The zero-order valence-corrected chi connectivity index (χ0v) is 13.4. The Bertz CT molecular complexity index is 653. The van der Waals surface area contributed by atoms with Crippen molar-refractivity contribution in [2.75, 3.05) is 6.61 Å². The van der Waals surface area contributed by atoms with Crippen LogP contribution in [-0.4, -0.2) is 12.6 Å². The molecule has 1 unspecified atom stereocenters. The summed E-state index contributed by atoms with van der Waals surface area (Å²) in [6.45, 7) is 3.99. The molecule has 0 aliphatic carbocycles. The standard InChI is InChI=1S/C16H18N2O3S/c1-3-5-12-14(16(19)20-4-2)13(10-6-7-22-9-10)11(8-17)15(18)21-12/h6-7,9,13H,3-5,18H2,1-2H3. The Morgan fingerprint density at radius 2 is 2.32 bits per heavy atom. The maximum atomic E-state index is 12.4. The number of nitrogens with two attached hydrogens (primary N) is 1. The number of esters is 1. The second-order valence-electron chi connectivity index (χ2n) is 4.79. The van der Waals surface area contributed by atoms with Gasteiger partial charge >= 0.3 is 5.97 Å². The first-order valence-corrected chi connectivity index (χ1v) is 8.08. The van der Waals surface area contributed by atoms with Gasteiger partial charge in [0.2, 0.25) is 5.88 Å². The van der Waals surface area contributed by atoms with E-state index in [-0.39, 0.29) is 18.1 Å². The van der Waals surface area contributed by atoms with Crippen LogP contribution in [0.4, 0.5) is 0 Å². The van der Waals surface area contributed by atoms with Crippen LogP contribution in [0.2, 0.25) is 0 Å². The Morgan fingerprint density at radius 1 is 1.55 bits per heavy atom. The normalized spacial score (nSPS) is 18.0. The monoisotopic (exact) mass is 318 g/mol. The first-order valence-electron chi connectivity index (χ1n) is 7.13. The molecule has 2 heterocycles. The van der Waals surface area contributed by atoms with Crippen molar-refractivity contribution in [2.24, 2.45) is 5.73 Å². The summed E-state index contributed by atoms with van der Waals surface area (Å²) in [5.74, 6) is -0.420. The minimum absolute atomic E-state index is 0.0650. The summed E-state index contributed by atoms with van der Waals surface area (Å²) in [6, 6.07) is 3.96. The molecule has 0 fully saturated rings. The van der Waals surface area contributed by atoms with Gasteiger partial charge in [-0.05, 0) is 35.7 Å². The lowest BCUT2D eigenvalue weighted by Gasteiger charge is -2.27. The molecular formula is C16H18N2O3S. The fraction of sp³-hybridized carbons (Fsp3) is 0.375. The number of carbonyl (C=O) groups is 1. The van der Waals surface area contributed by atoms with E-state index in [1.54, 1.807) is 6.92 Å². The highest BCUT2D eigenvalue weighted by Gasteiger charge is 2.37. The summed E-state index contributed by atoms with van der Waals surface area (Å²) in [5, 5.41) is 13.2. The summed E-state index contributed by atoms with van der Waals surface area (Å²) in [7, 11) is 0. The number of hydrogen-bond donors (Lipinski definition) is 1. The average Bonchev–Trinajstić information content (AvgIpc) is 3.01. The van der Waals surface area contributed by atoms with Crippen molar-refractivity contribution in [1.29, 1.82) is 5.26 Å². The fourth-order valence-corrected chi connectivity index (χ4v) is 3.12. The second kappa shape index (κ2) is 7.14. The molecule has 1 aliphatic rings. The van der Waals surface area contributed by atoms with Crippen LogP contribution in [0, 0.1) is 11.3 Å². The van der Waals surface area contributed by atoms with E-state index < -0.39 is 11.9 Å². The fourth-order valence-electron chi connectivity index (χ4n) is 2.44. The van der Waals surface area contributed by atoms with Crippen LogP contribution in [0.3, 0.4) is 0 Å². The largest absolute Gasteiger partial charge is 0.463 e. The van der Waals surface area contributed by atoms with E-state index in [1.807, 2.05) is 23.8 Å². The number of allylic oxidation sites excluding steroid dienone is 2. The van der Waals surface area contributed by atoms with E-state index in [0.29, 0.717) is 17.8 Å². The van der Waals surface area contributed by atoms with Crippen molar-refractivity contribution >= 4 is 17.3 Å². The van der Waals surface area contributed by atoms with Gasteiger partial charge < -0.3 is 15.2 Å².